The molecule has 1 fully saturated rings. The summed E-state index contributed by atoms with van der Waals surface area (Å²) in [6.07, 6.45) is 6.52. The van der Waals surface area contributed by atoms with Crippen LogP contribution in [0.2, 0.25) is 0 Å². The van der Waals surface area contributed by atoms with Crippen LogP contribution in [-0.2, 0) is 0 Å². The number of hydrogen-bond acceptors (Lipinski definition) is 5. The van der Waals surface area contributed by atoms with Gasteiger partial charge in [-0.3, -0.25) is 9.30 Å². The van der Waals surface area contributed by atoms with Crippen molar-refractivity contribution in [2.45, 2.75) is 18.8 Å². The zero-order valence-electron chi connectivity index (χ0n) is 16.0. The van der Waals surface area contributed by atoms with Crippen molar-refractivity contribution in [1.29, 1.82) is 0 Å². The Bertz CT molecular complexity index is 1020. The summed E-state index contributed by atoms with van der Waals surface area (Å²) >= 11 is 0. The highest BCUT2D eigenvalue weighted by atomic mass is 16.5. The van der Waals surface area contributed by atoms with E-state index in [1.807, 2.05) is 30.3 Å². The molecular weight excluding hydrogens is 352 g/mol. The summed E-state index contributed by atoms with van der Waals surface area (Å²) in [7, 11) is 1.68. The maximum absolute atomic E-state index is 5.99. The SMILES string of the molecule is COc1cccc2c1OCC(CN1CCC(c3nnc4ccccn34)CC1)=C2. The Hall–Kier alpha value is -2.86. The first-order valence-corrected chi connectivity index (χ1v) is 9.83. The largest absolute Gasteiger partial charge is 0.493 e. The van der Waals surface area contributed by atoms with E-state index < -0.39 is 0 Å². The summed E-state index contributed by atoms with van der Waals surface area (Å²) in [5.74, 6) is 3.21. The number of benzene rings is 1. The molecule has 2 aliphatic rings. The summed E-state index contributed by atoms with van der Waals surface area (Å²) in [6, 6.07) is 12.1. The fourth-order valence-electron chi connectivity index (χ4n) is 4.25. The molecule has 0 saturated carbocycles. The molecule has 144 valence electrons. The maximum Gasteiger partial charge on any atom is 0.168 e. The van der Waals surface area contributed by atoms with Gasteiger partial charge in [-0.2, -0.15) is 0 Å². The van der Waals surface area contributed by atoms with Crippen molar-refractivity contribution in [3.63, 3.8) is 0 Å². The average molecular weight is 376 g/mol. The number of hydrogen-bond donors (Lipinski definition) is 0. The van der Waals surface area contributed by atoms with E-state index in [2.05, 4.69) is 37.8 Å². The van der Waals surface area contributed by atoms with Crippen LogP contribution in [0.25, 0.3) is 11.7 Å². The molecule has 5 rings (SSSR count). The predicted octanol–water partition coefficient (Wildman–Crippen LogP) is 3.39. The molecule has 1 saturated heterocycles. The Kier molecular flexibility index (Phi) is 4.49. The lowest BCUT2D eigenvalue weighted by Gasteiger charge is -2.32. The van der Waals surface area contributed by atoms with E-state index >= 15 is 0 Å². The molecule has 4 heterocycles. The zero-order valence-corrected chi connectivity index (χ0v) is 16.0. The quantitative estimate of drug-likeness (QED) is 0.699. The summed E-state index contributed by atoms with van der Waals surface area (Å²) in [4.78, 5) is 2.51. The molecule has 2 aromatic heterocycles. The van der Waals surface area contributed by atoms with Crippen LogP contribution in [0.4, 0.5) is 0 Å². The van der Waals surface area contributed by atoms with E-state index in [0.717, 1.165) is 61.0 Å². The first kappa shape index (κ1) is 17.3. The van der Waals surface area contributed by atoms with Crippen LogP contribution in [0, 0.1) is 0 Å². The van der Waals surface area contributed by atoms with Crippen molar-refractivity contribution < 1.29 is 9.47 Å². The Labute approximate surface area is 164 Å². The second-order valence-electron chi connectivity index (χ2n) is 7.51. The van der Waals surface area contributed by atoms with E-state index in [1.54, 1.807) is 7.11 Å². The number of aromatic nitrogens is 3. The number of rotatable bonds is 4. The molecule has 2 aliphatic heterocycles. The maximum atomic E-state index is 5.99. The molecule has 0 atom stereocenters. The minimum atomic E-state index is 0.468. The van der Waals surface area contributed by atoms with E-state index in [4.69, 9.17) is 9.47 Å². The number of methoxy groups -OCH3 is 1. The van der Waals surface area contributed by atoms with Crippen molar-refractivity contribution >= 4 is 11.7 Å². The van der Waals surface area contributed by atoms with E-state index in [1.165, 1.54) is 5.57 Å². The van der Waals surface area contributed by atoms with Gasteiger partial charge in [-0.05, 0) is 55.8 Å². The van der Waals surface area contributed by atoms with Gasteiger partial charge >= 0.3 is 0 Å². The average Bonchev–Trinajstić information content (AvgIpc) is 3.18. The van der Waals surface area contributed by atoms with Gasteiger partial charge in [-0.15, -0.1) is 10.2 Å². The minimum Gasteiger partial charge on any atom is -0.493 e. The highest BCUT2D eigenvalue weighted by molar-refractivity contribution is 5.66. The van der Waals surface area contributed by atoms with Crippen LogP contribution in [-0.4, -0.2) is 52.8 Å². The summed E-state index contributed by atoms with van der Waals surface area (Å²) in [6.45, 7) is 3.70. The number of para-hydroxylation sites is 1. The van der Waals surface area contributed by atoms with Gasteiger partial charge in [-0.25, -0.2) is 0 Å². The fraction of sp³-hybridized carbons (Fsp3) is 0.364. The molecule has 0 bridgehead atoms. The van der Waals surface area contributed by atoms with E-state index in [-0.39, 0.29) is 0 Å². The molecule has 28 heavy (non-hydrogen) atoms. The molecule has 6 nitrogen and oxygen atoms in total. The number of likely N-dealkylation sites (tertiary alicyclic amines) is 1. The fourth-order valence-corrected chi connectivity index (χ4v) is 4.25. The van der Waals surface area contributed by atoms with Crippen LogP contribution < -0.4 is 9.47 Å². The molecule has 0 N–H and O–H groups in total. The Morgan fingerprint density at radius 2 is 2.00 bits per heavy atom. The third kappa shape index (κ3) is 3.14. The first-order chi connectivity index (χ1) is 13.8. The smallest absolute Gasteiger partial charge is 0.168 e. The van der Waals surface area contributed by atoms with E-state index in [9.17, 15) is 0 Å². The summed E-state index contributed by atoms with van der Waals surface area (Å²) < 4.78 is 13.5. The van der Waals surface area contributed by atoms with Crippen LogP contribution in [0.1, 0.15) is 30.1 Å². The molecule has 0 aliphatic carbocycles. The zero-order chi connectivity index (χ0) is 18.9. The number of fused-ring (bicyclic) bond motifs is 2. The van der Waals surface area contributed by atoms with Crippen LogP contribution in [0.15, 0.2) is 48.2 Å². The lowest BCUT2D eigenvalue weighted by atomic mass is 9.95. The van der Waals surface area contributed by atoms with Gasteiger partial charge in [0.1, 0.15) is 12.4 Å². The third-order valence-corrected chi connectivity index (χ3v) is 5.71. The van der Waals surface area contributed by atoms with Gasteiger partial charge in [0.15, 0.2) is 17.1 Å². The highest BCUT2D eigenvalue weighted by Crippen LogP contribution is 2.36. The topological polar surface area (TPSA) is 51.9 Å². The van der Waals surface area contributed by atoms with Crippen molar-refractivity contribution in [3.05, 3.63) is 59.6 Å². The molecule has 0 amide bonds. The van der Waals surface area contributed by atoms with Gasteiger partial charge in [0, 0.05) is 24.2 Å². The molecule has 6 heteroatoms. The molecule has 0 radical (unpaired) electrons. The third-order valence-electron chi connectivity index (χ3n) is 5.71. The molecule has 3 aromatic rings. The van der Waals surface area contributed by atoms with E-state index in [0.29, 0.717) is 12.5 Å². The normalized spacial score (nSPS) is 17.8. The minimum absolute atomic E-state index is 0.468. The van der Waals surface area contributed by atoms with Crippen LogP contribution in [0.3, 0.4) is 0 Å². The van der Waals surface area contributed by atoms with Crippen LogP contribution >= 0.6 is 0 Å². The number of ether oxygens (including phenoxy) is 2. The lowest BCUT2D eigenvalue weighted by Crippen LogP contribution is -2.36. The number of pyridine rings is 1. The Morgan fingerprint density at radius 1 is 1.11 bits per heavy atom. The van der Waals surface area contributed by atoms with Crippen LogP contribution in [0.5, 0.6) is 11.5 Å². The Morgan fingerprint density at radius 3 is 2.86 bits per heavy atom. The Balaban J connectivity index is 1.25. The number of piperidine rings is 1. The van der Waals surface area contributed by atoms with Gasteiger partial charge in [0.25, 0.3) is 0 Å². The van der Waals surface area contributed by atoms with Gasteiger partial charge in [0.2, 0.25) is 0 Å². The summed E-state index contributed by atoms with van der Waals surface area (Å²) in [5.41, 5.74) is 3.34. The van der Waals surface area contributed by atoms with Gasteiger partial charge in [-0.1, -0.05) is 18.2 Å². The standard InChI is InChI=1S/C22H24N4O2/c1-27-19-6-4-5-18-13-16(15-28-21(18)19)14-25-11-8-17(9-12-25)22-24-23-20-7-2-3-10-26(20)22/h2-7,10,13,17H,8-9,11-12,14-15H2,1H3. The van der Waals surface area contributed by atoms with Crippen molar-refractivity contribution in [3.8, 4) is 11.5 Å². The summed E-state index contributed by atoms with van der Waals surface area (Å²) in [5, 5.41) is 8.76. The highest BCUT2D eigenvalue weighted by Gasteiger charge is 2.25. The molecule has 1 aromatic carbocycles. The second-order valence-corrected chi connectivity index (χ2v) is 7.51. The van der Waals surface area contributed by atoms with Crippen molar-refractivity contribution in [2.24, 2.45) is 0 Å². The monoisotopic (exact) mass is 376 g/mol. The van der Waals surface area contributed by atoms with Gasteiger partial charge < -0.3 is 9.47 Å². The van der Waals surface area contributed by atoms with Gasteiger partial charge in [0.05, 0.1) is 7.11 Å². The molecular formula is C22H24N4O2. The number of nitrogens with zero attached hydrogens (tertiary/aromatic N) is 4. The predicted molar refractivity (Wildman–Crippen MR) is 108 cm³/mol. The lowest BCUT2D eigenvalue weighted by molar-refractivity contribution is 0.214. The molecule has 0 unspecified atom stereocenters. The van der Waals surface area contributed by atoms with Crippen molar-refractivity contribution in [2.75, 3.05) is 33.4 Å². The first-order valence-electron chi connectivity index (χ1n) is 9.83. The molecule has 0 spiro atoms. The second kappa shape index (κ2) is 7.28. The van der Waals surface area contributed by atoms with Crippen molar-refractivity contribution in [1.82, 2.24) is 19.5 Å².